The van der Waals surface area contributed by atoms with Crippen molar-refractivity contribution in [1.82, 2.24) is 5.32 Å². The Labute approximate surface area is 88.6 Å². The average molecular weight is 198 g/mol. The monoisotopic (exact) mass is 198 g/mol. The quantitative estimate of drug-likeness (QED) is 0.730. The molecule has 1 unspecified atom stereocenters. The normalized spacial score (nSPS) is 32.1. The lowest BCUT2D eigenvalue weighted by molar-refractivity contribution is 0.0614. The van der Waals surface area contributed by atoms with Gasteiger partial charge < -0.3 is 11.1 Å². The van der Waals surface area contributed by atoms with E-state index >= 15 is 0 Å². The average Bonchev–Trinajstić information content (AvgIpc) is 2.08. The summed E-state index contributed by atoms with van der Waals surface area (Å²) in [6, 6.07) is 0.524. The van der Waals surface area contributed by atoms with Gasteiger partial charge in [0.25, 0.3) is 0 Å². The number of hydrogen-bond acceptors (Lipinski definition) is 2. The highest BCUT2D eigenvalue weighted by atomic mass is 15.0. The highest BCUT2D eigenvalue weighted by Gasteiger charge is 2.45. The predicted molar refractivity (Wildman–Crippen MR) is 62.3 cm³/mol. The van der Waals surface area contributed by atoms with Crippen LogP contribution in [-0.4, -0.2) is 18.1 Å². The van der Waals surface area contributed by atoms with Crippen LogP contribution in [0.2, 0.25) is 0 Å². The molecule has 2 nitrogen and oxygen atoms in total. The van der Waals surface area contributed by atoms with Crippen molar-refractivity contribution in [2.45, 2.75) is 65.0 Å². The molecule has 1 fully saturated rings. The first-order valence-electron chi connectivity index (χ1n) is 5.91. The van der Waals surface area contributed by atoms with E-state index in [1.807, 2.05) is 0 Å². The first kappa shape index (κ1) is 12.0. The molecule has 0 aromatic carbocycles. The van der Waals surface area contributed by atoms with E-state index in [9.17, 15) is 0 Å². The number of hydrogen-bond donors (Lipinski definition) is 2. The fraction of sp³-hybridized carbons (Fsp3) is 1.00. The van der Waals surface area contributed by atoms with Gasteiger partial charge in [0.15, 0.2) is 0 Å². The van der Waals surface area contributed by atoms with Gasteiger partial charge in [-0.05, 0) is 18.3 Å². The van der Waals surface area contributed by atoms with Crippen molar-refractivity contribution >= 4 is 0 Å². The van der Waals surface area contributed by atoms with Crippen molar-refractivity contribution in [3.8, 4) is 0 Å². The largest absolute Gasteiger partial charge is 0.329 e. The summed E-state index contributed by atoms with van der Waals surface area (Å²) in [5, 5.41) is 3.71. The van der Waals surface area contributed by atoms with Crippen LogP contribution in [0.5, 0.6) is 0 Å². The third kappa shape index (κ3) is 2.12. The van der Waals surface area contributed by atoms with Gasteiger partial charge in [0.1, 0.15) is 0 Å². The third-order valence-corrected chi connectivity index (χ3v) is 3.86. The molecule has 0 aromatic heterocycles. The Balaban J connectivity index is 2.82. The predicted octanol–water partition coefficient (Wildman–Crippen LogP) is 2.28. The summed E-state index contributed by atoms with van der Waals surface area (Å²) in [4.78, 5) is 0. The van der Waals surface area contributed by atoms with Crippen molar-refractivity contribution in [2.24, 2.45) is 11.1 Å². The highest BCUT2D eigenvalue weighted by Crippen LogP contribution is 2.43. The van der Waals surface area contributed by atoms with E-state index in [-0.39, 0.29) is 5.54 Å². The van der Waals surface area contributed by atoms with E-state index in [2.05, 4.69) is 33.0 Å². The van der Waals surface area contributed by atoms with Crippen molar-refractivity contribution < 1.29 is 0 Å². The first-order valence-corrected chi connectivity index (χ1v) is 5.91. The maximum Gasteiger partial charge on any atom is 0.0357 e. The fourth-order valence-corrected chi connectivity index (χ4v) is 2.83. The second-order valence-electron chi connectivity index (χ2n) is 5.68. The van der Waals surface area contributed by atoms with Gasteiger partial charge in [0, 0.05) is 18.1 Å². The zero-order chi connectivity index (χ0) is 10.8. The van der Waals surface area contributed by atoms with Crippen LogP contribution in [0.3, 0.4) is 0 Å². The SMILES string of the molecule is CC(C)NC1(CN)CCCCC1(C)C. The molecule has 14 heavy (non-hydrogen) atoms. The molecule has 0 aliphatic heterocycles. The highest BCUT2D eigenvalue weighted by molar-refractivity contribution is 5.04. The van der Waals surface area contributed by atoms with Crippen LogP contribution in [0.4, 0.5) is 0 Å². The summed E-state index contributed by atoms with van der Waals surface area (Å²) < 4.78 is 0. The molecule has 1 atom stereocenters. The van der Waals surface area contributed by atoms with Gasteiger partial charge in [-0.3, -0.25) is 0 Å². The van der Waals surface area contributed by atoms with Crippen molar-refractivity contribution in [3.63, 3.8) is 0 Å². The van der Waals surface area contributed by atoms with Gasteiger partial charge in [-0.1, -0.05) is 40.5 Å². The van der Waals surface area contributed by atoms with E-state index in [0.29, 0.717) is 11.5 Å². The summed E-state index contributed by atoms with van der Waals surface area (Å²) in [6.07, 6.45) is 5.20. The molecule has 2 heteroatoms. The van der Waals surface area contributed by atoms with E-state index < -0.39 is 0 Å². The number of nitrogens with one attached hydrogen (secondary N) is 1. The molecule has 0 saturated heterocycles. The topological polar surface area (TPSA) is 38.0 Å². The Morgan fingerprint density at radius 2 is 1.79 bits per heavy atom. The van der Waals surface area contributed by atoms with Crippen LogP contribution < -0.4 is 11.1 Å². The van der Waals surface area contributed by atoms with Gasteiger partial charge in [-0.25, -0.2) is 0 Å². The van der Waals surface area contributed by atoms with Crippen LogP contribution >= 0.6 is 0 Å². The second-order valence-corrected chi connectivity index (χ2v) is 5.68. The van der Waals surface area contributed by atoms with E-state index in [0.717, 1.165) is 6.54 Å². The smallest absolute Gasteiger partial charge is 0.0357 e. The third-order valence-electron chi connectivity index (χ3n) is 3.86. The Bertz CT molecular complexity index is 187. The van der Waals surface area contributed by atoms with Crippen LogP contribution in [0, 0.1) is 5.41 Å². The number of nitrogens with two attached hydrogens (primary N) is 1. The summed E-state index contributed by atoms with van der Waals surface area (Å²) in [7, 11) is 0. The Morgan fingerprint density at radius 3 is 2.21 bits per heavy atom. The maximum atomic E-state index is 6.00. The molecular weight excluding hydrogens is 172 g/mol. The molecule has 0 radical (unpaired) electrons. The van der Waals surface area contributed by atoms with Gasteiger partial charge in [0.05, 0.1) is 0 Å². The van der Waals surface area contributed by atoms with Crippen LogP contribution in [0.25, 0.3) is 0 Å². The second kappa shape index (κ2) is 4.19. The summed E-state index contributed by atoms with van der Waals surface area (Å²) >= 11 is 0. The van der Waals surface area contributed by atoms with E-state index in [1.165, 1.54) is 25.7 Å². The van der Waals surface area contributed by atoms with Crippen molar-refractivity contribution in [2.75, 3.05) is 6.54 Å². The maximum absolute atomic E-state index is 6.00. The van der Waals surface area contributed by atoms with Gasteiger partial charge in [-0.2, -0.15) is 0 Å². The Kier molecular flexibility index (Phi) is 3.59. The van der Waals surface area contributed by atoms with Gasteiger partial charge in [0.2, 0.25) is 0 Å². The van der Waals surface area contributed by atoms with Crippen molar-refractivity contribution in [3.05, 3.63) is 0 Å². The Hall–Kier alpha value is -0.0800. The minimum Gasteiger partial charge on any atom is -0.329 e. The fourth-order valence-electron chi connectivity index (χ4n) is 2.83. The molecule has 1 aliphatic carbocycles. The molecule has 0 spiro atoms. The molecule has 3 N–H and O–H groups in total. The van der Waals surface area contributed by atoms with Crippen LogP contribution in [0.1, 0.15) is 53.4 Å². The molecule has 1 rings (SSSR count). The van der Waals surface area contributed by atoms with E-state index in [4.69, 9.17) is 5.73 Å². The molecule has 0 amide bonds. The summed E-state index contributed by atoms with van der Waals surface area (Å²) in [6.45, 7) is 9.89. The molecule has 0 heterocycles. The summed E-state index contributed by atoms with van der Waals surface area (Å²) in [5.74, 6) is 0. The first-order chi connectivity index (χ1) is 6.43. The molecule has 0 bridgehead atoms. The lowest BCUT2D eigenvalue weighted by Gasteiger charge is -2.51. The lowest BCUT2D eigenvalue weighted by Crippen LogP contribution is -2.63. The zero-order valence-electron chi connectivity index (χ0n) is 10.2. The van der Waals surface area contributed by atoms with Crippen molar-refractivity contribution in [1.29, 1.82) is 0 Å². The van der Waals surface area contributed by atoms with Gasteiger partial charge >= 0.3 is 0 Å². The molecule has 1 saturated carbocycles. The molecular formula is C12H26N2. The van der Waals surface area contributed by atoms with Gasteiger partial charge in [-0.15, -0.1) is 0 Å². The van der Waals surface area contributed by atoms with Crippen LogP contribution in [-0.2, 0) is 0 Å². The summed E-state index contributed by atoms with van der Waals surface area (Å²) in [5.41, 5.74) is 6.50. The standard InChI is InChI=1S/C12H26N2/c1-10(2)14-12(9-13)8-6-5-7-11(12,3)4/h10,14H,5-9,13H2,1-4H3. The minimum absolute atomic E-state index is 0.166. The van der Waals surface area contributed by atoms with Crippen LogP contribution in [0.15, 0.2) is 0 Å². The molecule has 1 aliphatic rings. The lowest BCUT2D eigenvalue weighted by atomic mass is 9.63. The molecule has 84 valence electrons. The molecule has 0 aromatic rings. The van der Waals surface area contributed by atoms with E-state index in [1.54, 1.807) is 0 Å². The minimum atomic E-state index is 0.166. The zero-order valence-corrected chi connectivity index (χ0v) is 10.2. The number of rotatable bonds is 3. The Morgan fingerprint density at radius 1 is 1.21 bits per heavy atom.